The molecule has 5 heteroatoms. The van der Waals surface area contributed by atoms with Gasteiger partial charge in [-0.25, -0.2) is 0 Å². The molecule has 0 spiro atoms. The summed E-state index contributed by atoms with van der Waals surface area (Å²) < 4.78 is 0. The minimum atomic E-state index is -0.366. The first-order valence-electron chi connectivity index (χ1n) is 10.3. The maximum atomic E-state index is 13.4. The van der Waals surface area contributed by atoms with Gasteiger partial charge in [0.2, 0.25) is 5.91 Å². The summed E-state index contributed by atoms with van der Waals surface area (Å²) in [5.41, 5.74) is 1.82. The quantitative estimate of drug-likeness (QED) is 0.821. The Labute approximate surface area is 167 Å². The molecule has 1 saturated heterocycles. The summed E-state index contributed by atoms with van der Waals surface area (Å²) in [5.74, 6) is 1.59. The fraction of sp³-hybridized carbons (Fsp3) is 0.636. The van der Waals surface area contributed by atoms with E-state index < -0.39 is 0 Å². The number of nitrogens with zero attached hydrogens (tertiary/aromatic N) is 1. The van der Waals surface area contributed by atoms with Gasteiger partial charge in [0.1, 0.15) is 6.04 Å². The van der Waals surface area contributed by atoms with Crippen molar-refractivity contribution in [1.82, 2.24) is 10.2 Å². The highest BCUT2D eigenvalue weighted by molar-refractivity contribution is 8.00. The van der Waals surface area contributed by atoms with Crippen LogP contribution in [0.4, 0.5) is 0 Å². The molecule has 2 fully saturated rings. The van der Waals surface area contributed by atoms with E-state index in [0.717, 1.165) is 18.4 Å². The number of benzene rings is 1. The monoisotopic (exact) mass is 388 g/mol. The maximum absolute atomic E-state index is 13.4. The van der Waals surface area contributed by atoms with Gasteiger partial charge >= 0.3 is 0 Å². The molecule has 2 atom stereocenters. The van der Waals surface area contributed by atoms with E-state index in [-0.39, 0.29) is 23.2 Å². The van der Waals surface area contributed by atoms with Crippen molar-refractivity contribution in [2.24, 2.45) is 11.8 Å². The molecule has 0 radical (unpaired) electrons. The lowest BCUT2D eigenvalue weighted by Crippen LogP contribution is -2.52. The van der Waals surface area contributed by atoms with Crippen molar-refractivity contribution in [2.45, 2.75) is 64.3 Å². The van der Waals surface area contributed by atoms with E-state index in [9.17, 15) is 9.59 Å². The molecule has 0 aromatic heterocycles. The second-order valence-electron chi connectivity index (χ2n) is 8.36. The minimum absolute atomic E-state index is 0.000250. The topological polar surface area (TPSA) is 49.4 Å². The zero-order valence-electron chi connectivity index (χ0n) is 16.7. The Bertz CT molecular complexity index is 653. The van der Waals surface area contributed by atoms with Gasteiger partial charge in [0.15, 0.2) is 0 Å². The Morgan fingerprint density at radius 2 is 1.81 bits per heavy atom. The van der Waals surface area contributed by atoms with E-state index in [0.29, 0.717) is 29.7 Å². The number of nitrogens with one attached hydrogen (secondary N) is 1. The Balaban J connectivity index is 1.83. The van der Waals surface area contributed by atoms with Gasteiger partial charge in [-0.05, 0) is 43.7 Å². The number of hydrogen-bond donors (Lipinski definition) is 1. The summed E-state index contributed by atoms with van der Waals surface area (Å²) >= 11 is 1.80. The van der Waals surface area contributed by atoms with Gasteiger partial charge in [0.05, 0.1) is 5.37 Å². The molecule has 0 bridgehead atoms. The lowest BCUT2D eigenvalue weighted by Gasteiger charge is -2.35. The molecule has 2 amide bonds. The predicted octanol–water partition coefficient (Wildman–Crippen LogP) is 4.23. The van der Waals surface area contributed by atoms with Crippen molar-refractivity contribution < 1.29 is 9.59 Å². The van der Waals surface area contributed by atoms with Crippen molar-refractivity contribution in [3.8, 4) is 0 Å². The zero-order valence-corrected chi connectivity index (χ0v) is 17.6. The SMILES string of the molecule is Cc1ccc(C(=O)N2C(C(=O)NCC(C)C)CSC2C2CCCCC2)cc1. The fourth-order valence-electron chi connectivity index (χ4n) is 4.04. The molecule has 1 aliphatic carbocycles. The normalized spacial score (nSPS) is 23.6. The average molecular weight is 389 g/mol. The van der Waals surface area contributed by atoms with Crippen LogP contribution in [0, 0.1) is 18.8 Å². The summed E-state index contributed by atoms with van der Waals surface area (Å²) in [6.45, 7) is 6.85. The lowest BCUT2D eigenvalue weighted by atomic mass is 9.88. The van der Waals surface area contributed by atoms with Gasteiger partial charge in [0.25, 0.3) is 5.91 Å². The van der Waals surface area contributed by atoms with Crippen LogP contribution in [0.3, 0.4) is 0 Å². The van der Waals surface area contributed by atoms with Crippen LogP contribution in [-0.4, -0.2) is 40.4 Å². The summed E-state index contributed by atoms with van der Waals surface area (Å²) in [7, 11) is 0. The highest BCUT2D eigenvalue weighted by Gasteiger charge is 2.45. The third-order valence-electron chi connectivity index (χ3n) is 5.61. The van der Waals surface area contributed by atoms with Crippen molar-refractivity contribution in [3.63, 3.8) is 0 Å². The number of hydrogen-bond acceptors (Lipinski definition) is 3. The Hall–Kier alpha value is -1.49. The number of thioether (sulfide) groups is 1. The summed E-state index contributed by atoms with van der Waals surface area (Å²) in [5, 5.41) is 3.17. The van der Waals surface area contributed by atoms with E-state index in [1.807, 2.05) is 36.1 Å². The van der Waals surface area contributed by atoms with Crippen LogP contribution < -0.4 is 5.32 Å². The largest absolute Gasteiger partial charge is 0.354 e. The van der Waals surface area contributed by atoms with E-state index in [4.69, 9.17) is 0 Å². The smallest absolute Gasteiger partial charge is 0.255 e. The van der Waals surface area contributed by atoms with Crippen LogP contribution in [0.25, 0.3) is 0 Å². The van der Waals surface area contributed by atoms with Crippen LogP contribution in [-0.2, 0) is 4.79 Å². The first kappa shape index (κ1) is 20.2. The van der Waals surface area contributed by atoms with Gasteiger partial charge in [-0.1, -0.05) is 50.8 Å². The summed E-state index contributed by atoms with van der Waals surface area (Å²) in [4.78, 5) is 28.2. The zero-order chi connectivity index (χ0) is 19.4. The Kier molecular flexibility index (Phi) is 6.85. The minimum Gasteiger partial charge on any atom is -0.354 e. The molecule has 1 heterocycles. The molecular formula is C22H32N2O2S. The average Bonchev–Trinajstić information content (AvgIpc) is 3.12. The summed E-state index contributed by atoms with van der Waals surface area (Å²) in [6.07, 6.45) is 6.08. The molecule has 1 aromatic carbocycles. The second-order valence-corrected chi connectivity index (χ2v) is 9.50. The highest BCUT2D eigenvalue weighted by atomic mass is 32.2. The van der Waals surface area contributed by atoms with Crippen molar-refractivity contribution >= 4 is 23.6 Å². The highest BCUT2D eigenvalue weighted by Crippen LogP contribution is 2.41. The van der Waals surface area contributed by atoms with Crippen molar-refractivity contribution in [1.29, 1.82) is 0 Å². The molecule has 2 aliphatic rings. The first-order valence-corrected chi connectivity index (χ1v) is 11.3. The second kappa shape index (κ2) is 9.13. The standard InChI is InChI=1S/C22H32N2O2S/c1-15(2)13-23-20(25)19-14-27-22(18-7-5-4-6-8-18)24(19)21(26)17-11-9-16(3)10-12-17/h9-12,15,18-19,22H,4-8,13-14H2,1-3H3,(H,23,25). The van der Waals surface area contributed by atoms with Crippen LogP contribution in [0.1, 0.15) is 61.9 Å². The lowest BCUT2D eigenvalue weighted by molar-refractivity contribution is -0.125. The van der Waals surface area contributed by atoms with Gasteiger partial charge in [0, 0.05) is 17.9 Å². The molecule has 1 N–H and O–H groups in total. The van der Waals surface area contributed by atoms with Crippen molar-refractivity contribution in [2.75, 3.05) is 12.3 Å². The Morgan fingerprint density at radius 3 is 2.44 bits per heavy atom. The third kappa shape index (κ3) is 4.87. The van der Waals surface area contributed by atoms with Gasteiger partial charge in [-0.2, -0.15) is 0 Å². The molecule has 1 aliphatic heterocycles. The maximum Gasteiger partial charge on any atom is 0.255 e. The third-order valence-corrected chi connectivity index (χ3v) is 7.07. The molecule has 27 heavy (non-hydrogen) atoms. The fourth-order valence-corrected chi connectivity index (χ4v) is 5.68. The van der Waals surface area contributed by atoms with Crippen LogP contribution in [0.5, 0.6) is 0 Å². The van der Waals surface area contributed by atoms with E-state index >= 15 is 0 Å². The molecule has 1 saturated carbocycles. The van der Waals surface area contributed by atoms with E-state index in [1.165, 1.54) is 19.3 Å². The van der Waals surface area contributed by atoms with E-state index in [2.05, 4.69) is 19.2 Å². The summed E-state index contributed by atoms with van der Waals surface area (Å²) in [6, 6.07) is 7.36. The van der Waals surface area contributed by atoms with Gasteiger partial charge in [-0.15, -0.1) is 11.8 Å². The number of amides is 2. The molecule has 4 nitrogen and oxygen atoms in total. The van der Waals surface area contributed by atoms with E-state index in [1.54, 1.807) is 11.8 Å². The van der Waals surface area contributed by atoms with Gasteiger partial charge < -0.3 is 10.2 Å². The molecule has 3 rings (SSSR count). The molecular weight excluding hydrogens is 356 g/mol. The van der Waals surface area contributed by atoms with Crippen LogP contribution in [0.15, 0.2) is 24.3 Å². The molecule has 148 valence electrons. The number of carbonyl (C=O) groups excluding carboxylic acids is 2. The van der Waals surface area contributed by atoms with Crippen molar-refractivity contribution in [3.05, 3.63) is 35.4 Å². The number of carbonyl (C=O) groups is 2. The molecule has 2 unspecified atom stereocenters. The number of rotatable bonds is 5. The molecule has 1 aromatic rings. The predicted molar refractivity (Wildman–Crippen MR) is 112 cm³/mol. The van der Waals surface area contributed by atoms with Gasteiger partial charge in [-0.3, -0.25) is 9.59 Å². The van der Waals surface area contributed by atoms with Crippen LogP contribution in [0.2, 0.25) is 0 Å². The van der Waals surface area contributed by atoms with Crippen LogP contribution >= 0.6 is 11.8 Å². The Morgan fingerprint density at radius 1 is 1.15 bits per heavy atom. The first-order chi connectivity index (χ1) is 13.0. The number of aryl methyl sites for hydroxylation is 1.